The molecule has 1 heterocycles. The number of ether oxygens (including phenoxy) is 1. The van der Waals surface area contributed by atoms with Crippen molar-refractivity contribution in [3.8, 4) is 0 Å². The van der Waals surface area contributed by atoms with Crippen molar-refractivity contribution in [3.05, 3.63) is 71.3 Å². The van der Waals surface area contributed by atoms with E-state index < -0.39 is 10.0 Å². The Labute approximate surface area is 131 Å². The molecule has 3 rings (SSSR count). The summed E-state index contributed by atoms with van der Waals surface area (Å²) in [6.07, 6.45) is -0.187. The zero-order valence-corrected chi connectivity index (χ0v) is 13.3. The van der Waals surface area contributed by atoms with Crippen molar-refractivity contribution in [2.75, 3.05) is 13.3 Å². The van der Waals surface area contributed by atoms with Crippen LogP contribution in [0.4, 0.5) is 0 Å². The first-order valence-corrected chi connectivity index (χ1v) is 8.86. The van der Waals surface area contributed by atoms with Crippen LogP contribution in [0.2, 0.25) is 0 Å². The fourth-order valence-electron chi connectivity index (χ4n) is 2.59. The molecule has 1 saturated heterocycles. The highest BCUT2D eigenvalue weighted by Crippen LogP contribution is 2.27. The molecule has 0 spiro atoms. The highest BCUT2D eigenvalue weighted by atomic mass is 32.2. The molecule has 5 heteroatoms. The second-order valence-corrected chi connectivity index (χ2v) is 7.48. The van der Waals surface area contributed by atoms with Crippen molar-refractivity contribution >= 4 is 10.0 Å². The maximum atomic E-state index is 12.6. The average Bonchev–Trinajstić information content (AvgIpc) is 3.01. The molecule has 2 aromatic rings. The van der Waals surface area contributed by atoms with E-state index in [1.165, 1.54) is 4.31 Å². The molecule has 0 N–H and O–H groups in total. The lowest BCUT2D eigenvalue weighted by atomic mass is 10.1. The fourth-order valence-corrected chi connectivity index (χ4v) is 4.07. The SMILES string of the molecule is Cc1ccccc1CS(=O)(=O)N1COC(c2ccccc2)C1. The number of rotatable bonds is 4. The molecular weight excluding hydrogens is 298 g/mol. The lowest BCUT2D eigenvalue weighted by molar-refractivity contribution is 0.104. The second kappa shape index (κ2) is 6.20. The molecule has 1 unspecified atom stereocenters. The minimum Gasteiger partial charge on any atom is -0.356 e. The second-order valence-electron chi connectivity index (χ2n) is 5.51. The largest absolute Gasteiger partial charge is 0.356 e. The van der Waals surface area contributed by atoms with E-state index in [4.69, 9.17) is 4.74 Å². The quantitative estimate of drug-likeness (QED) is 0.871. The third-order valence-corrected chi connectivity index (χ3v) is 5.67. The molecule has 1 aliphatic heterocycles. The molecule has 22 heavy (non-hydrogen) atoms. The van der Waals surface area contributed by atoms with Gasteiger partial charge in [0.2, 0.25) is 10.0 Å². The predicted molar refractivity (Wildman–Crippen MR) is 85.6 cm³/mol. The van der Waals surface area contributed by atoms with Gasteiger partial charge in [0, 0.05) is 6.54 Å². The maximum absolute atomic E-state index is 12.6. The predicted octanol–water partition coefficient (Wildman–Crippen LogP) is 2.86. The average molecular weight is 317 g/mol. The number of hydrogen-bond acceptors (Lipinski definition) is 3. The van der Waals surface area contributed by atoms with Crippen LogP contribution in [0.5, 0.6) is 0 Å². The molecule has 1 atom stereocenters. The van der Waals surface area contributed by atoms with Gasteiger partial charge in [-0.15, -0.1) is 0 Å². The molecule has 0 aromatic heterocycles. The van der Waals surface area contributed by atoms with Crippen LogP contribution in [-0.4, -0.2) is 26.0 Å². The first kappa shape index (κ1) is 15.2. The summed E-state index contributed by atoms with van der Waals surface area (Å²) in [5.74, 6) is 0.0184. The van der Waals surface area contributed by atoms with Crippen molar-refractivity contribution in [1.29, 1.82) is 0 Å². The topological polar surface area (TPSA) is 46.6 Å². The maximum Gasteiger partial charge on any atom is 0.220 e. The smallest absolute Gasteiger partial charge is 0.220 e. The summed E-state index contributed by atoms with van der Waals surface area (Å²) in [5.41, 5.74) is 2.84. The van der Waals surface area contributed by atoms with E-state index in [1.54, 1.807) is 0 Å². The van der Waals surface area contributed by atoms with Gasteiger partial charge in [-0.2, -0.15) is 4.31 Å². The zero-order chi connectivity index (χ0) is 15.6. The van der Waals surface area contributed by atoms with Gasteiger partial charge in [0.15, 0.2) is 0 Å². The van der Waals surface area contributed by atoms with Crippen molar-refractivity contribution in [2.45, 2.75) is 18.8 Å². The summed E-state index contributed by atoms with van der Waals surface area (Å²) in [5, 5.41) is 0. The first-order valence-electron chi connectivity index (χ1n) is 7.25. The van der Waals surface area contributed by atoms with Crippen molar-refractivity contribution in [1.82, 2.24) is 4.31 Å². The van der Waals surface area contributed by atoms with Crippen molar-refractivity contribution < 1.29 is 13.2 Å². The van der Waals surface area contributed by atoms with Gasteiger partial charge in [0.25, 0.3) is 0 Å². The lowest BCUT2D eigenvalue weighted by Crippen LogP contribution is -2.30. The van der Waals surface area contributed by atoms with Crippen LogP contribution in [0.15, 0.2) is 54.6 Å². The van der Waals surface area contributed by atoms with Crippen LogP contribution < -0.4 is 0 Å². The van der Waals surface area contributed by atoms with E-state index in [1.807, 2.05) is 61.5 Å². The summed E-state index contributed by atoms with van der Waals surface area (Å²) >= 11 is 0. The van der Waals surface area contributed by atoms with E-state index in [9.17, 15) is 8.42 Å². The Morgan fingerprint density at radius 3 is 2.50 bits per heavy atom. The van der Waals surface area contributed by atoms with Crippen LogP contribution in [-0.2, 0) is 20.5 Å². The molecule has 0 radical (unpaired) electrons. The monoisotopic (exact) mass is 317 g/mol. The lowest BCUT2D eigenvalue weighted by Gasteiger charge is -2.15. The van der Waals surface area contributed by atoms with Gasteiger partial charge in [-0.05, 0) is 23.6 Å². The van der Waals surface area contributed by atoms with Gasteiger partial charge in [0.1, 0.15) is 6.73 Å². The number of hydrogen-bond donors (Lipinski definition) is 0. The standard InChI is InChI=1S/C17H19NO3S/c1-14-7-5-6-10-16(14)12-22(19,20)18-11-17(21-13-18)15-8-3-2-4-9-15/h2-10,17H,11-13H2,1H3. The number of sulfonamides is 1. The summed E-state index contributed by atoms with van der Waals surface area (Å²) in [6, 6.07) is 17.3. The van der Waals surface area contributed by atoms with Gasteiger partial charge in [-0.25, -0.2) is 8.42 Å². The molecule has 116 valence electrons. The fraction of sp³-hybridized carbons (Fsp3) is 0.294. The summed E-state index contributed by atoms with van der Waals surface area (Å²) in [4.78, 5) is 0. The minimum atomic E-state index is -3.37. The Hall–Kier alpha value is -1.69. The highest BCUT2D eigenvalue weighted by Gasteiger charge is 2.33. The van der Waals surface area contributed by atoms with Gasteiger partial charge in [-0.1, -0.05) is 54.6 Å². The molecule has 0 bridgehead atoms. The Bertz CT molecular complexity index is 744. The van der Waals surface area contributed by atoms with E-state index in [0.29, 0.717) is 6.54 Å². The van der Waals surface area contributed by atoms with Gasteiger partial charge in [-0.3, -0.25) is 0 Å². The first-order chi connectivity index (χ1) is 10.6. The van der Waals surface area contributed by atoms with Crippen molar-refractivity contribution in [3.63, 3.8) is 0 Å². The van der Waals surface area contributed by atoms with Crippen LogP contribution >= 0.6 is 0 Å². The summed E-state index contributed by atoms with van der Waals surface area (Å²) < 4.78 is 32.2. The minimum absolute atomic E-state index is 0.0184. The Morgan fingerprint density at radius 2 is 1.77 bits per heavy atom. The van der Waals surface area contributed by atoms with Crippen LogP contribution in [0.1, 0.15) is 22.8 Å². The van der Waals surface area contributed by atoms with E-state index in [2.05, 4.69) is 0 Å². The normalized spacial score (nSPS) is 19.4. The highest BCUT2D eigenvalue weighted by molar-refractivity contribution is 7.88. The molecule has 0 aliphatic carbocycles. The summed E-state index contributed by atoms with van der Waals surface area (Å²) in [7, 11) is -3.37. The Kier molecular flexibility index (Phi) is 4.29. The van der Waals surface area contributed by atoms with Gasteiger partial charge < -0.3 is 4.74 Å². The van der Waals surface area contributed by atoms with Gasteiger partial charge in [0.05, 0.1) is 11.9 Å². The Morgan fingerprint density at radius 1 is 1.09 bits per heavy atom. The van der Waals surface area contributed by atoms with E-state index in [-0.39, 0.29) is 18.6 Å². The van der Waals surface area contributed by atoms with Crippen LogP contribution in [0, 0.1) is 6.92 Å². The third kappa shape index (κ3) is 3.21. The Balaban J connectivity index is 1.73. The summed E-state index contributed by atoms with van der Waals surface area (Å²) in [6.45, 7) is 2.42. The van der Waals surface area contributed by atoms with Crippen LogP contribution in [0.25, 0.3) is 0 Å². The molecular formula is C17H19NO3S. The third-order valence-electron chi connectivity index (χ3n) is 3.95. The zero-order valence-electron chi connectivity index (χ0n) is 12.5. The number of nitrogens with zero attached hydrogens (tertiary/aromatic N) is 1. The van der Waals surface area contributed by atoms with E-state index >= 15 is 0 Å². The van der Waals surface area contributed by atoms with Gasteiger partial charge >= 0.3 is 0 Å². The van der Waals surface area contributed by atoms with E-state index in [0.717, 1.165) is 16.7 Å². The molecule has 0 saturated carbocycles. The molecule has 4 nitrogen and oxygen atoms in total. The number of aryl methyl sites for hydroxylation is 1. The molecule has 1 fully saturated rings. The molecule has 0 amide bonds. The number of benzene rings is 2. The van der Waals surface area contributed by atoms with Crippen molar-refractivity contribution in [2.24, 2.45) is 0 Å². The van der Waals surface area contributed by atoms with Crippen LogP contribution in [0.3, 0.4) is 0 Å². The molecule has 2 aromatic carbocycles. The molecule has 1 aliphatic rings.